The lowest BCUT2D eigenvalue weighted by Crippen LogP contribution is -2.63. The van der Waals surface area contributed by atoms with E-state index in [9.17, 15) is 23.1 Å². The lowest BCUT2D eigenvalue weighted by Gasteiger charge is -2.38. The smallest absolute Gasteiger partial charge is 0.343 e. The molecule has 1 aliphatic heterocycles. The van der Waals surface area contributed by atoms with Gasteiger partial charge in [0.05, 0.1) is 5.56 Å². The summed E-state index contributed by atoms with van der Waals surface area (Å²) in [5.74, 6) is -3.81. The molecule has 1 unspecified atom stereocenters. The lowest BCUT2D eigenvalue weighted by atomic mass is 10.2. The van der Waals surface area contributed by atoms with Crippen LogP contribution in [-0.4, -0.2) is 48.1 Å². The van der Waals surface area contributed by atoms with E-state index in [-0.39, 0.29) is 9.48 Å². The predicted octanol–water partition coefficient (Wildman–Crippen LogP) is 0.466. The second-order valence-corrected chi connectivity index (χ2v) is 6.78. The molecule has 0 bridgehead atoms. The minimum atomic E-state index is -4.78. The van der Waals surface area contributed by atoms with Crippen LogP contribution in [0.2, 0.25) is 0 Å². The fourth-order valence-electron chi connectivity index (χ4n) is 2.12. The number of amides is 2. The number of ether oxygens (including phenoxy) is 1. The van der Waals surface area contributed by atoms with Gasteiger partial charge in [-0.3, -0.25) is 0 Å². The number of nitrogens with one attached hydrogen (secondary N) is 1. The maximum absolute atomic E-state index is 13.0. The van der Waals surface area contributed by atoms with Crippen molar-refractivity contribution in [1.29, 1.82) is 0 Å². The summed E-state index contributed by atoms with van der Waals surface area (Å²) in [5, 5.41) is 11.5. The van der Waals surface area contributed by atoms with Crippen LogP contribution >= 0.6 is 11.6 Å². The van der Waals surface area contributed by atoms with Gasteiger partial charge in [-0.15, -0.1) is 4.31 Å². The second kappa shape index (κ2) is 6.70. The summed E-state index contributed by atoms with van der Waals surface area (Å²) >= 11 is 5.78. The highest BCUT2D eigenvalue weighted by atomic mass is 35.5. The number of hydrogen-bond donors (Lipinski definition) is 3. The molecule has 0 saturated carbocycles. The number of sulfonamides is 1. The molecule has 25 heavy (non-hydrogen) atoms. The van der Waals surface area contributed by atoms with Gasteiger partial charge in [0, 0.05) is 13.3 Å². The van der Waals surface area contributed by atoms with Crippen LogP contribution in [0, 0.1) is 0 Å². The number of nitrogens with zero attached hydrogens (tertiary/aromatic N) is 2. The van der Waals surface area contributed by atoms with Crippen molar-refractivity contribution in [2.24, 2.45) is 10.7 Å². The lowest BCUT2D eigenvalue weighted by molar-refractivity contribution is -0.0866. The van der Waals surface area contributed by atoms with Crippen molar-refractivity contribution in [3.63, 3.8) is 0 Å². The zero-order valence-corrected chi connectivity index (χ0v) is 14.3. The van der Waals surface area contributed by atoms with Crippen LogP contribution in [-0.2, 0) is 14.8 Å². The van der Waals surface area contributed by atoms with Gasteiger partial charge in [0.2, 0.25) is 0 Å². The first-order valence-corrected chi connectivity index (χ1v) is 8.39. The molecule has 2 amide bonds. The van der Waals surface area contributed by atoms with Crippen LogP contribution in [0.15, 0.2) is 46.4 Å². The van der Waals surface area contributed by atoms with Crippen molar-refractivity contribution in [2.45, 2.75) is 10.9 Å². The SMILES string of the molecule is COC1(N(C(N)=O)S(=O)(=O)c2ccccc2C(=O)O)N=C(Cl)C=CN1. The highest BCUT2D eigenvalue weighted by Crippen LogP contribution is 2.29. The van der Waals surface area contributed by atoms with Crippen molar-refractivity contribution in [3.05, 3.63) is 42.1 Å². The molecule has 0 aliphatic carbocycles. The molecular weight excluding hydrogens is 376 g/mol. The van der Waals surface area contributed by atoms with Gasteiger partial charge in [-0.1, -0.05) is 23.7 Å². The normalized spacial score (nSPS) is 19.7. The highest BCUT2D eigenvalue weighted by molar-refractivity contribution is 7.89. The number of halogens is 1. The molecule has 1 atom stereocenters. The number of hydrogen-bond acceptors (Lipinski definition) is 7. The monoisotopic (exact) mass is 388 g/mol. The Morgan fingerprint density at radius 1 is 1.40 bits per heavy atom. The van der Waals surface area contributed by atoms with Crippen molar-refractivity contribution < 1.29 is 27.9 Å². The van der Waals surface area contributed by atoms with E-state index >= 15 is 0 Å². The second-order valence-electron chi connectivity index (χ2n) is 4.63. The van der Waals surface area contributed by atoms with E-state index in [0.717, 1.165) is 19.2 Å². The predicted molar refractivity (Wildman–Crippen MR) is 87.3 cm³/mol. The van der Waals surface area contributed by atoms with Gasteiger partial charge in [-0.05, 0) is 18.2 Å². The minimum absolute atomic E-state index is 0.0770. The number of carboxylic acid groups (broad SMARTS) is 1. The summed E-state index contributed by atoms with van der Waals surface area (Å²) in [4.78, 5) is 26.4. The van der Waals surface area contributed by atoms with Crippen LogP contribution in [0.3, 0.4) is 0 Å². The highest BCUT2D eigenvalue weighted by Gasteiger charge is 2.49. The Morgan fingerprint density at radius 2 is 2.04 bits per heavy atom. The number of allylic oxidation sites excluding steroid dienone is 1. The molecule has 0 fully saturated rings. The van der Waals surface area contributed by atoms with Crippen molar-refractivity contribution in [1.82, 2.24) is 9.62 Å². The molecular formula is C13H13ClN4O6S. The van der Waals surface area contributed by atoms with Gasteiger partial charge in [-0.2, -0.15) is 4.99 Å². The van der Waals surface area contributed by atoms with Crippen LogP contribution in [0.5, 0.6) is 0 Å². The Hall–Kier alpha value is -2.63. The Morgan fingerprint density at radius 3 is 2.56 bits per heavy atom. The standard InChI is InChI=1S/C13H13ClN4O6S/c1-24-13(16-7-6-10(14)17-13)18(12(15)21)25(22,23)9-5-3-2-4-8(9)11(19)20/h2-7,16H,1H3,(H2,15,21)(H,19,20). The van der Waals surface area contributed by atoms with Gasteiger partial charge in [0.25, 0.3) is 10.0 Å². The van der Waals surface area contributed by atoms with Gasteiger partial charge in [0.1, 0.15) is 10.1 Å². The van der Waals surface area contributed by atoms with E-state index in [1.807, 2.05) is 0 Å². The number of rotatable bonds is 5. The van der Waals surface area contributed by atoms with Crippen molar-refractivity contribution in [2.75, 3.05) is 7.11 Å². The molecule has 2 rings (SSSR count). The molecule has 1 aromatic carbocycles. The summed E-state index contributed by atoms with van der Waals surface area (Å²) < 4.78 is 31.1. The number of aliphatic imine (C=N–C) groups is 1. The topological polar surface area (TPSA) is 151 Å². The molecule has 134 valence electrons. The first-order valence-electron chi connectivity index (χ1n) is 6.57. The Balaban J connectivity index is 2.71. The number of carbonyl (C=O) groups is 2. The summed E-state index contributed by atoms with van der Waals surface area (Å²) in [6.07, 6.45) is 2.49. The molecule has 1 heterocycles. The summed E-state index contributed by atoms with van der Waals surface area (Å²) in [6, 6.07) is 3.25. The van der Waals surface area contributed by atoms with Crippen LogP contribution in [0.1, 0.15) is 10.4 Å². The molecule has 1 aromatic rings. The molecule has 0 spiro atoms. The number of carbonyl (C=O) groups excluding carboxylic acids is 1. The Labute approximate surface area is 147 Å². The number of carboxylic acids is 1. The largest absolute Gasteiger partial charge is 0.478 e. The first kappa shape index (κ1) is 18.7. The van der Waals surface area contributed by atoms with E-state index in [0.29, 0.717) is 0 Å². The average molecular weight is 389 g/mol. The number of urea groups is 1. The van der Waals surface area contributed by atoms with E-state index in [1.54, 1.807) is 0 Å². The minimum Gasteiger partial charge on any atom is -0.478 e. The fraction of sp³-hybridized carbons (Fsp3) is 0.154. The number of benzene rings is 1. The van der Waals surface area contributed by atoms with Crippen molar-refractivity contribution >= 4 is 38.8 Å². The molecule has 12 heteroatoms. The van der Waals surface area contributed by atoms with E-state index in [4.69, 9.17) is 22.1 Å². The summed E-state index contributed by atoms with van der Waals surface area (Å²) in [5.41, 5.74) is 4.67. The number of nitrogens with two attached hydrogens (primary N) is 1. The van der Waals surface area contributed by atoms with E-state index < -0.39 is 38.5 Å². The number of methoxy groups -OCH3 is 1. The number of primary amides is 1. The van der Waals surface area contributed by atoms with Gasteiger partial charge >= 0.3 is 18.0 Å². The first-order chi connectivity index (χ1) is 11.7. The number of aromatic carboxylic acids is 1. The van der Waals surface area contributed by atoms with Gasteiger partial charge in [0.15, 0.2) is 0 Å². The zero-order valence-electron chi connectivity index (χ0n) is 12.7. The molecule has 0 aromatic heterocycles. The molecule has 1 aliphatic rings. The molecule has 10 nitrogen and oxygen atoms in total. The third-order valence-corrected chi connectivity index (χ3v) is 5.18. The third kappa shape index (κ3) is 3.29. The molecule has 4 N–H and O–H groups in total. The Bertz CT molecular complexity index is 884. The van der Waals surface area contributed by atoms with Gasteiger partial charge in [-0.25, -0.2) is 18.0 Å². The molecule has 0 saturated heterocycles. The van der Waals surface area contributed by atoms with Gasteiger partial charge < -0.3 is 20.9 Å². The summed E-state index contributed by atoms with van der Waals surface area (Å²) in [6.45, 7) is 0. The Kier molecular flexibility index (Phi) is 5.02. The van der Waals surface area contributed by atoms with E-state index in [1.165, 1.54) is 24.4 Å². The quantitative estimate of drug-likeness (QED) is 0.620. The van der Waals surface area contributed by atoms with Crippen LogP contribution in [0.25, 0.3) is 0 Å². The zero-order chi connectivity index (χ0) is 18.8. The molecule has 0 radical (unpaired) electrons. The maximum atomic E-state index is 13.0. The van der Waals surface area contributed by atoms with Crippen LogP contribution < -0.4 is 11.1 Å². The summed E-state index contributed by atoms with van der Waals surface area (Å²) in [7, 11) is -3.71. The average Bonchev–Trinajstić information content (AvgIpc) is 2.54. The van der Waals surface area contributed by atoms with Crippen molar-refractivity contribution in [3.8, 4) is 0 Å². The van der Waals surface area contributed by atoms with Crippen LogP contribution in [0.4, 0.5) is 4.79 Å². The van der Waals surface area contributed by atoms with E-state index in [2.05, 4.69) is 10.3 Å². The third-order valence-electron chi connectivity index (χ3n) is 3.15. The maximum Gasteiger partial charge on any atom is 0.343 e. The fourth-order valence-corrected chi connectivity index (χ4v) is 3.91.